The highest BCUT2D eigenvalue weighted by molar-refractivity contribution is 8.00. The molecule has 0 amide bonds. The topological polar surface area (TPSA) is 0 Å². The molecule has 14 heavy (non-hydrogen) atoms. The zero-order chi connectivity index (χ0) is 10.6. The molecule has 0 aromatic heterocycles. The van der Waals surface area contributed by atoms with Crippen LogP contribution in [-0.2, 0) is 6.42 Å². The van der Waals surface area contributed by atoms with Crippen LogP contribution in [0, 0.1) is 6.58 Å². The maximum Gasteiger partial charge on any atom is 0.446 e. The molecule has 0 unspecified atom stereocenters. The van der Waals surface area contributed by atoms with Crippen LogP contribution in [0.1, 0.15) is 5.56 Å². The lowest BCUT2D eigenvalue weighted by atomic mass is 10.2. The van der Waals surface area contributed by atoms with Crippen molar-refractivity contribution >= 4 is 11.8 Å². The molecule has 1 aromatic carbocycles. The number of allylic oxidation sites excluding steroid dienone is 1. The number of hydrogen-bond donors (Lipinski definition) is 0. The van der Waals surface area contributed by atoms with Gasteiger partial charge in [-0.1, -0.05) is 24.8 Å². The maximum atomic E-state index is 11.9. The van der Waals surface area contributed by atoms with Gasteiger partial charge >= 0.3 is 5.51 Å². The molecule has 0 bridgehead atoms. The second kappa shape index (κ2) is 4.55. The highest BCUT2D eigenvalue weighted by Gasteiger charge is 2.28. The molecule has 1 radical (unpaired) electrons. The van der Waals surface area contributed by atoms with Gasteiger partial charge in [-0.2, -0.15) is 13.2 Å². The predicted molar refractivity (Wildman–Crippen MR) is 50.9 cm³/mol. The lowest BCUT2D eigenvalue weighted by Crippen LogP contribution is -1.98. The first-order valence-electron chi connectivity index (χ1n) is 3.89. The van der Waals surface area contributed by atoms with Crippen molar-refractivity contribution in [3.63, 3.8) is 0 Å². The second-order valence-corrected chi connectivity index (χ2v) is 3.77. The lowest BCUT2D eigenvalue weighted by Gasteiger charge is -2.05. The van der Waals surface area contributed by atoms with Crippen molar-refractivity contribution in [1.29, 1.82) is 0 Å². The van der Waals surface area contributed by atoms with Gasteiger partial charge in [0.25, 0.3) is 0 Å². The molecule has 0 aliphatic rings. The van der Waals surface area contributed by atoms with Crippen molar-refractivity contribution < 1.29 is 13.2 Å². The lowest BCUT2D eigenvalue weighted by molar-refractivity contribution is -0.0328. The Morgan fingerprint density at radius 3 is 2.21 bits per heavy atom. The Morgan fingerprint density at radius 2 is 1.79 bits per heavy atom. The van der Waals surface area contributed by atoms with Crippen molar-refractivity contribution in [3.05, 3.63) is 42.5 Å². The SMILES string of the molecule is [CH]=CCc1ccc(SC(F)(F)F)cc1. The Bertz CT molecular complexity index is 300. The van der Waals surface area contributed by atoms with Gasteiger partial charge in [-0.3, -0.25) is 0 Å². The molecule has 4 heteroatoms. The Balaban J connectivity index is 2.68. The first-order valence-corrected chi connectivity index (χ1v) is 4.71. The molecule has 0 nitrogen and oxygen atoms in total. The summed E-state index contributed by atoms with van der Waals surface area (Å²) in [5.41, 5.74) is -3.32. The largest absolute Gasteiger partial charge is 0.446 e. The molecule has 0 fully saturated rings. The van der Waals surface area contributed by atoms with E-state index in [1.165, 1.54) is 18.2 Å². The fourth-order valence-electron chi connectivity index (χ4n) is 0.963. The van der Waals surface area contributed by atoms with E-state index in [9.17, 15) is 13.2 Å². The molecule has 0 N–H and O–H groups in total. The zero-order valence-corrected chi connectivity index (χ0v) is 8.03. The van der Waals surface area contributed by atoms with Crippen LogP contribution >= 0.6 is 11.8 Å². The van der Waals surface area contributed by atoms with Gasteiger partial charge in [0, 0.05) is 4.90 Å². The summed E-state index contributed by atoms with van der Waals surface area (Å²) in [6.45, 7) is 5.19. The molecule has 0 saturated carbocycles. The Kier molecular flexibility index (Phi) is 3.63. The van der Waals surface area contributed by atoms with Crippen molar-refractivity contribution in [3.8, 4) is 0 Å². The van der Waals surface area contributed by atoms with E-state index in [0.717, 1.165) is 5.56 Å². The summed E-state index contributed by atoms with van der Waals surface area (Å²) in [7, 11) is 0. The minimum Gasteiger partial charge on any atom is -0.160 e. The Morgan fingerprint density at radius 1 is 1.21 bits per heavy atom. The average Bonchev–Trinajstić information content (AvgIpc) is 2.06. The van der Waals surface area contributed by atoms with Gasteiger partial charge < -0.3 is 0 Å². The summed E-state index contributed by atoms with van der Waals surface area (Å²) in [6, 6.07) is 6.16. The standard InChI is InChI=1S/C10H8F3S/c1-2-3-8-4-6-9(7-5-8)14-10(11,12)13/h1-2,4-7H,3H2. The number of benzene rings is 1. The van der Waals surface area contributed by atoms with Crippen LogP contribution in [0.25, 0.3) is 0 Å². The summed E-state index contributed by atoms with van der Waals surface area (Å²) in [4.78, 5) is 0.193. The third-order valence-electron chi connectivity index (χ3n) is 1.51. The van der Waals surface area contributed by atoms with Crippen LogP contribution in [0.15, 0.2) is 35.2 Å². The van der Waals surface area contributed by atoms with E-state index in [1.807, 2.05) is 0 Å². The second-order valence-electron chi connectivity index (χ2n) is 2.63. The number of alkyl halides is 3. The molecule has 75 valence electrons. The number of halogens is 3. The zero-order valence-electron chi connectivity index (χ0n) is 7.21. The number of rotatable bonds is 3. The third kappa shape index (κ3) is 3.87. The summed E-state index contributed by atoms with van der Waals surface area (Å²) in [5.74, 6) is 0. The van der Waals surface area contributed by atoms with Gasteiger partial charge in [0.1, 0.15) is 0 Å². The van der Waals surface area contributed by atoms with Crippen molar-refractivity contribution in [2.75, 3.05) is 0 Å². The van der Waals surface area contributed by atoms with Gasteiger partial charge in [-0.15, -0.1) is 0 Å². The summed E-state index contributed by atoms with van der Waals surface area (Å²) >= 11 is -0.114. The van der Waals surface area contributed by atoms with Crippen LogP contribution in [0.5, 0.6) is 0 Å². The molecule has 0 saturated heterocycles. The van der Waals surface area contributed by atoms with Crippen molar-refractivity contribution in [2.24, 2.45) is 0 Å². The van der Waals surface area contributed by atoms with E-state index in [-0.39, 0.29) is 16.7 Å². The van der Waals surface area contributed by atoms with Crippen LogP contribution < -0.4 is 0 Å². The molecule has 0 aliphatic heterocycles. The molecule has 0 atom stereocenters. The molecular formula is C10H8F3S. The molecule has 0 aliphatic carbocycles. The van der Waals surface area contributed by atoms with E-state index in [4.69, 9.17) is 6.58 Å². The van der Waals surface area contributed by atoms with E-state index >= 15 is 0 Å². The molecular weight excluding hydrogens is 209 g/mol. The van der Waals surface area contributed by atoms with Gasteiger partial charge in [0.2, 0.25) is 0 Å². The minimum atomic E-state index is -4.22. The van der Waals surface area contributed by atoms with Gasteiger partial charge in [0.15, 0.2) is 0 Å². The van der Waals surface area contributed by atoms with E-state index in [1.54, 1.807) is 12.1 Å². The van der Waals surface area contributed by atoms with Crippen LogP contribution in [-0.4, -0.2) is 5.51 Å². The minimum absolute atomic E-state index is 0.114. The van der Waals surface area contributed by atoms with Crippen LogP contribution in [0.3, 0.4) is 0 Å². The molecule has 1 rings (SSSR count). The third-order valence-corrected chi connectivity index (χ3v) is 2.25. The van der Waals surface area contributed by atoms with E-state index < -0.39 is 5.51 Å². The summed E-state index contributed by atoms with van der Waals surface area (Å²) in [6.07, 6.45) is 2.03. The van der Waals surface area contributed by atoms with E-state index in [0.29, 0.717) is 6.42 Å². The van der Waals surface area contributed by atoms with Crippen molar-refractivity contribution in [1.82, 2.24) is 0 Å². The fraction of sp³-hybridized carbons (Fsp3) is 0.200. The quantitative estimate of drug-likeness (QED) is 0.693. The summed E-state index contributed by atoms with van der Waals surface area (Å²) in [5, 5.41) is 0. The van der Waals surface area contributed by atoms with Crippen molar-refractivity contribution in [2.45, 2.75) is 16.8 Å². The normalized spacial score (nSPS) is 11.4. The number of thioether (sulfide) groups is 1. The van der Waals surface area contributed by atoms with Gasteiger partial charge in [0.05, 0.1) is 0 Å². The van der Waals surface area contributed by atoms with Crippen LogP contribution in [0.2, 0.25) is 0 Å². The first kappa shape index (κ1) is 11.2. The fourth-order valence-corrected chi connectivity index (χ4v) is 1.50. The summed E-state index contributed by atoms with van der Waals surface area (Å²) < 4.78 is 35.8. The average molecular weight is 217 g/mol. The van der Waals surface area contributed by atoms with Crippen LogP contribution in [0.4, 0.5) is 13.2 Å². The van der Waals surface area contributed by atoms with E-state index in [2.05, 4.69) is 0 Å². The highest BCUT2D eigenvalue weighted by atomic mass is 32.2. The smallest absolute Gasteiger partial charge is 0.160 e. The molecule has 1 aromatic rings. The Labute approximate surface area is 84.8 Å². The monoisotopic (exact) mass is 217 g/mol. The first-order chi connectivity index (χ1) is 6.51. The highest BCUT2D eigenvalue weighted by Crippen LogP contribution is 2.36. The Hall–Kier alpha value is -0.900. The number of hydrogen-bond acceptors (Lipinski definition) is 1. The predicted octanol–water partition coefficient (Wildman–Crippen LogP) is 3.83. The molecule has 0 spiro atoms. The molecule has 0 heterocycles. The van der Waals surface area contributed by atoms with Gasteiger partial charge in [-0.05, 0) is 35.9 Å². The maximum absolute atomic E-state index is 11.9. The van der Waals surface area contributed by atoms with Gasteiger partial charge in [-0.25, -0.2) is 0 Å².